The number of benzene rings is 4. The van der Waals surface area contributed by atoms with E-state index in [2.05, 4.69) is 25.3 Å². The highest BCUT2D eigenvalue weighted by atomic mass is 19.4. The summed E-state index contributed by atoms with van der Waals surface area (Å²) in [6, 6.07) is 27.9. The number of ether oxygens (including phenoxy) is 1. The molecule has 320 valence electrons. The molecule has 3 amide bonds. The number of carbonyl (C=O) groups is 3. The SMILES string of the molecule is COC(=O)N[C@@H](C(=O)N1CCC[C@H]1c1ncc(-c2ccc(-c3ccc(-c4cnc([C@@H]5CCCN5C(=O)C(c5cccc(C(F)(F)F)c5)N(C)C)[nH]4)cc3)cc2)[nH]1)c1ccccc1. The Kier molecular flexibility index (Phi) is 12.0. The summed E-state index contributed by atoms with van der Waals surface area (Å²) in [6.07, 6.45) is 1.28. The third-order valence-electron chi connectivity index (χ3n) is 11.7. The Morgan fingerprint density at radius 3 is 1.71 bits per heavy atom. The predicted molar refractivity (Wildman–Crippen MR) is 227 cm³/mol. The topological polar surface area (TPSA) is 140 Å². The van der Waals surface area contributed by atoms with Crippen LogP contribution in [-0.2, 0) is 20.5 Å². The van der Waals surface area contributed by atoms with Gasteiger partial charge in [0, 0.05) is 13.1 Å². The number of hydrogen-bond acceptors (Lipinski definition) is 7. The standard InChI is InChI=1S/C47H47F3N8O4/c1-56(2)41(34-12-7-13-35(26-34)47(48,49)50)45(60)58-25-9-15-39(58)43-52-28-37(54-43)32-22-18-30(19-23-32)29-16-20-31(21-17-29)36-27-51-42(53-36)38-14-8-24-57(38)44(59)40(55-46(61)62-3)33-10-5-4-6-11-33/h4-7,10-13,16-23,26-28,38-41H,8-9,14-15,24-25H2,1-3H3,(H,51,53)(H,52,54)(H,55,61)/t38-,39-,40+,41?/m0/s1. The number of aromatic amines is 2. The third kappa shape index (κ3) is 8.71. The first-order valence-electron chi connectivity index (χ1n) is 20.5. The molecule has 2 saturated heterocycles. The maximum Gasteiger partial charge on any atom is 0.416 e. The Bertz CT molecular complexity index is 2520. The van der Waals surface area contributed by atoms with Gasteiger partial charge in [-0.25, -0.2) is 14.8 Å². The fourth-order valence-electron chi connectivity index (χ4n) is 8.60. The van der Waals surface area contributed by atoms with Gasteiger partial charge in [-0.2, -0.15) is 13.2 Å². The molecule has 2 aliphatic heterocycles. The number of imidazole rings is 2. The van der Waals surface area contributed by atoms with Gasteiger partial charge in [-0.3, -0.25) is 14.5 Å². The highest BCUT2D eigenvalue weighted by Crippen LogP contribution is 2.38. The fraction of sp³-hybridized carbons (Fsp3) is 0.298. The first-order chi connectivity index (χ1) is 29.9. The number of H-pyrrole nitrogens is 2. The van der Waals surface area contributed by atoms with Gasteiger partial charge < -0.3 is 29.8 Å². The number of rotatable bonds is 11. The minimum Gasteiger partial charge on any atom is -0.453 e. The van der Waals surface area contributed by atoms with Crippen molar-refractivity contribution in [2.24, 2.45) is 0 Å². The molecule has 2 aliphatic rings. The summed E-state index contributed by atoms with van der Waals surface area (Å²) in [5, 5.41) is 2.70. The van der Waals surface area contributed by atoms with Crippen LogP contribution < -0.4 is 5.32 Å². The van der Waals surface area contributed by atoms with Gasteiger partial charge in [-0.05, 0) is 85.3 Å². The monoisotopic (exact) mass is 844 g/mol. The van der Waals surface area contributed by atoms with Crippen molar-refractivity contribution in [1.82, 2.24) is 40.0 Å². The summed E-state index contributed by atoms with van der Waals surface area (Å²) in [5.74, 6) is 0.811. The molecule has 0 spiro atoms. The predicted octanol–water partition coefficient (Wildman–Crippen LogP) is 8.88. The van der Waals surface area contributed by atoms with E-state index in [9.17, 15) is 27.6 Å². The van der Waals surface area contributed by atoms with Crippen LogP contribution in [0.2, 0.25) is 0 Å². The maximum absolute atomic E-state index is 14.0. The van der Waals surface area contributed by atoms with Crippen molar-refractivity contribution < 1.29 is 32.3 Å². The molecule has 0 bridgehead atoms. The first kappa shape index (κ1) is 42.0. The van der Waals surface area contributed by atoms with Crippen molar-refractivity contribution >= 4 is 17.9 Å². The molecule has 0 saturated carbocycles. The molecule has 6 aromatic rings. The Morgan fingerprint density at radius 2 is 1.21 bits per heavy atom. The second-order valence-electron chi connectivity index (χ2n) is 15.9. The van der Waals surface area contributed by atoms with E-state index in [1.165, 1.54) is 13.2 Å². The van der Waals surface area contributed by atoms with Crippen LogP contribution in [0.1, 0.15) is 78.2 Å². The largest absolute Gasteiger partial charge is 0.453 e. The summed E-state index contributed by atoms with van der Waals surface area (Å²) in [6.45, 7) is 1.01. The van der Waals surface area contributed by atoms with Crippen molar-refractivity contribution in [3.05, 3.63) is 144 Å². The van der Waals surface area contributed by atoms with Crippen LogP contribution in [-0.4, -0.2) is 86.8 Å². The van der Waals surface area contributed by atoms with E-state index in [4.69, 9.17) is 4.74 Å². The van der Waals surface area contributed by atoms with Crippen LogP contribution in [0.3, 0.4) is 0 Å². The van der Waals surface area contributed by atoms with E-state index in [0.29, 0.717) is 36.7 Å². The van der Waals surface area contributed by atoms with E-state index in [1.54, 1.807) is 59.4 Å². The van der Waals surface area contributed by atoms with E-state index >= 15 is 0 Å². The van der Waals surface area contributed by atoms with Crippen molar-refractivity contribution in [2.75, 3.05) is 34.3 Å². The van der Waals surface area contributed by atoms with Crippen LogP contribution in [0, 0.1) is 0 Å². The van der Waals surface area contributed by atoms with Crippen molar-refractivity contribution in [3.63, 3.8) is 0 Å². The zero-order valence-corrected chi connectivity index (χ0v) is 34.5. The molecule has 3 N–H and O–H groups in total. The van der Waals surface area contributed by atoms with Gasteiger partial charge in [-0.15, -0.1) is 0 Å². The molecule has 12 nitrogen and oxygen atoms in total. The Hall–Kier alpha value is -6.74. The molecule has 4 atom stereocenters. The molecule has 62 heavy (non-hydrogen) atoms. The molecule has 0 aliphatic carbocycles. The van der Waals surface area contributed by atoms with Gasteiger partial charge in [0.15, 0.2) is 0 Å². The second kappa shape index (κ2) is 17.7. The summed E-state index contributed by atoms with van der Waals surface area (Å²) in [4.78, 5) is 61.5. The van der Waals surface area contributed by atoms with E-state index in [-0.39, 0.29) is 29.5 Å². The van der Waals surface area contributed by atoms with Gasteiger partial charge in [0.2, 0.25) is 5.91 Å². The number of alkyl halides is 3. The number of likely N-dealkylation sites (tertiary alicyclic amines) is 2. The minimum absolute atomic E-state index is 0.230. The van der Waals surface area contributed by atoms with Crippen molar-refractivity contribution in [1.29, 1.82) is 0 Å². The number of nitrogens with zero attached hydrogens (tertiary/aromatic N) is 5. The Morgan fingerprint density at radius 1 is 0.710 bits per heavy atom. The minimum atomic E-state index is -4.52. The number of halogens is 3. The summed E-state index contributed by atoms with van der Waals surface area (Å²) in [7, 11) is 4.66. The highest BCUT2D eigenvalue weighted by Gasteiger charge is 2.39. The summed E-state index contributed by atoms with van der Waals surface area (Å²) < 4.78 is 45.5. The lowest BCUT2D eigenvalue weighted by molar-refractivity contribution is -0.139. The molecule has 1 unspecified atom stereocenters. The molecular formula is C47H47F3N8O4. The lowest BCUT2D eigenvalue weighted by atomic mass is 10.0. The highest BCUT2D eigenvalue weighted by molar-refractivity contribution is 5.87. The van der Waals surface area contributed by atoms with E-state index in [0.717, 1.165) is 65.0 Å². The Balaban J connectivity index is 0.929. The third-order valence-corrected chi connectivity index (χ3v) is 11.7. The van der Waals surface area contributed by atoms with E-state index < -0.39 is 29.9 Å². The molecular weight excluding hydrogens is 798 g/mol. The number of amides is 3. The first-order valence-corrected chi connectivity index (χ1v) is 20.5. The number of carbonyl (C=O) groups excluding carboxylic acids is 3. The zero-order valence-electron chi connectivity index (χ0n) is 34.5. The smallest absolute Gasteiger partial charge is 0.416 e. The second-order valence-corrected chi connectivity index (χ2v) is 15.9. The van der Waals surface area contributed by atoms with Crippen LogP contribution in [0.25, 0.3) is 33.6 Å². The normalized spacial score (nSPS) is 17.6. The number of alkyl carbamates (subject to hydrolysis) is 1. The van der Waals surface area contributed by atoms with Crippen LogP contribution in [0.4, 0.5) is 18.0 Å². The molecule has 4 aromatic carbocycles. The average Bonchev–Trinajstić information content (AvgIpc) is 4.13. The van der Waals surface area contributed by atoms with Crippen LogP contribution >= 0.6 is 0 Å². The summed E-state index contributed by atoms with van der Waals surface area (Å²) in [5.41, 5.74) is 5.64. The molecule has 2 aromatic heterocycles. The number of likely N-dealkylation sites (N-methyl/N-ethyl adjacent to an activating group) is 1. The van der Waals surface area contributed by atoms with Gasteiger partial charge >= 0.3 is 12.3 Å². The van der Waals surface area contributed by atoms with Gasteiger partial charge in [0.1, 0.15) is 23.7 Å². The van der Waals surface area contributed by atoms with Crippen molar-refractivity contribution in [2.45, 2.75) is 56.0 Å². The molecule has 15 heteroatoms. The zero-order chi connectivity index (χ0) is 43.5. The quantitative estimate of drug-likeness (QED) is 0.118. The number of aromatic nitrogens is 4. The molecule has 8 rings (SSSR count). The van der Waals surface area contributed by atoms with Crippen molar-refractivity contribution in [3.8, 4) is 33.6 Å². The molecule has 4 heterocycles. The molecule has 2 fully saturated rings. The average molecular weight is 845 g/mol. The lowest BCUT2D eigenvalue weighted by Crippen LogP contribution is -2.42. The fourth-order valence-corrected chi connectivity index (χ4v) is 8.60. The Labute approximate surface area is 357 Å². The number of methoxy groups -OCH3 is 1. The lowest BCUT2D eigenvalue weighted by Gasteiger charge is -2.31. The van der Waals surface area contributed by atoms with Crippen LogP contribution in [0.15, 0.2) is 116 Å². The van der Waals surface area contributed by atoms with Gasteiger partial charge in [0.05, 0.1) is 48.5 Å². The summed E-state index contributed by atoms with van der Waals surface area (Å²) >= 11 is 0. The number of nitrogens with one attached hydrogen (secondary N) is 3. The van der Waals surface area contributed by atoms with E-state index in [1.807, 2.05) is 66.7 Å². The number of hydrogen-bond donors (Lipinski definition) is 3. The maximum atomic E-state index is 14.0. The van der Waals surface area contributed by atoms with Gasteiger partial charge in [-0.1, -0.05) is 91.0 Å². The van der Waals surface area contributed by atoms with Gasteiger partial charge in [0.25, 0.3) is 5.91 Å². The molecule has 0 radical (unpaired) electrons. The van der Waals surface area contributed by atoms with Crippen LogP contribution in [0.5, 0.6) is 0 Å².